The molecular weight excluding hydrogens is 476 g/mol. The molecule has 1 saturated heterocycles. The van der Waals surface area contributed by atoms with E-state index in [0.29, 0.717) is 6.07 Å². The number of aromatic hydroxyl groups is 6. The molecule has 0 aliphatic carbocycles. The summed E-state index contributed by atoms with van der Waals surface area (Å²) >= 11 is 0. The van der Waals surface area contributed by atoms with E-state index >= 15 is 0 Å². The molecule has 3 aromatic rings. The first-order chi connectivity index (χ1) is 16.5. The van der Waals surface area contributed by atoms with Crippen LogP contribution in [0.15, 0.2) is 27.4 Å². The number of benzene rings is 2. The molecule has 14 heteroatoms. The molecule has 0 amide bonds. The van der Waals surface area contributed by atoms with Crippen LogP contribution < -0.4 is 10.2 Å². The molecule has 10 N–H and O–H groups in total. The monoisotopic (exact) mass is 496 g/mol. The third-order valence-electron chi connectivity index (χ3n) is 5.47. The largest absolute Gasteiger partial charge is 0.507 e. The van der Waals surface area contributed by atoms with Crippen LogP contribution in [0.1, 0.15) is 0 Å². The Morgan fingerprint density at radius 3 is 2.00 bits per heavy atom. The summed E-state index contributed by atoms with van der Waals surface area (Å²) in [7, 11) is 0. The van der Waals surface area contributed by atoms with Gasteiger partial charge in [0.05, 0.1) is 6.61 Å². The van der Waals surface area contributed by atoms with Gasteiger partial charge in [0.15, 0.2) is 34.3 Å². The molecule has 14 nitrogen and oxygen atoms in total. The Hall–Kier alpha value is -3.95. The molecule has 5 atom stereocenters. The highest BCUT2D eigenvalue weighted by Crippen LogP contribution is 2.45. The molecule has 2 heterocycles. The van der Waals surface area contributed by atoms with Crippen molar-refractivity contribution < 1.29 is 65.0 Å². The van der Waals surface area contributed by atoms with Crippen molar-refractivity contribution in [1.82, 2.24) is 0 Å². The summed E-state index contributed by atoms with van der Waals surface area (Å²) in [6.07, 6.45) is -8.88. The van der Waals surface area contributed by atoms with E-state index in [1.54, 1.807) is 0 Å². The van der Waals surface area contributed by atoms with Crippen LogP contribution in [0, 0.1) is 0 Å². The van der Waals surface area contributed by atoms with Gasteiger partial charge in [0, 0.05) is 11.6 Å². The van der Waals surface area contributed by atoms with E-state index in [0.717, 1.165) is 12.1 Å². The number of phenols is 6. The highest BCUT2D eigenvalue weighted by molar-refractivity contribution is 5.93. The molecule has 1 aromatic heterocycles. The fourth-order valence-corrected chi connectivity index (χ4v) is 3.62. The maximum absolute atomic E-state index is 13.3. The summed E-state index contributed by atoms with van der Waals surface area (Å²) in [6, 6.07) is 2.31. The second-order valence-corrected chi connectivity index (χ2v) is 7.74. The van der Waals surface area contributed by atoms with Crippen LogP contribution in [0.4, 0.5) is 0 Å². The number of ether oxygens (including phenoxy) is 2. The molecule has 0 saturated carbocycles. The molecule has 35 heavy (non-hydrogen) atoms. The van der Waals surface area contributed by atoms with Crippen LogP contribution in [0.5, 0.6) is 40.2 Å². The molecular formula is C21H20O14. The van der Waals surface area contributed by atoms with Crippen LogP contribution in [0.3, 0.4) is 0 Å². The van der Waals surface area contributed by atoms with Crippen molar-refractivity contribution in [3.05, 3.63) is 28.4 Å². The molecule has 188 valence electrons. The highest BCUT2D eigenvalue weighted by atomic mass is 16.7. The van der Waals surface area contributed by atoms with E-state index in [9.17, 15) is 55.9 Å². The normalized spacial score (nSPS) is 24.5. The van der Waals surface area contributed by atoms with Gasteiger partial charge in [0.25, 0.3) is 0 Å². The van der Waals surface area contributed by atoms with E-state index in [2.05, 4.69) is 0 Å². The average molecular weight is 496 g/mol. The van der Waals surface area contributed by atoms with Crippen molar-refractivity contribution in [2.45, 2.75) is 30.7 Å². The zero-order valence-corrected chi connectivity index (χ0v) is 17.4. The Morgan fingerprint density at radius 2 is 1.40 bits per heavy atom. The van der Waals surface area contributed by atoms with Gasteiger partial charge in [-0.3, -0.25) is 4.79 Å². The first kappa shape index (κ1) is 24.2. The molecule has 0 radical (unpaired) electrons. The molecule has 1 fully saturated rings. The second kappa shape index (κ2) is 8.68. The Bertz CT molecular complexity index is 1320. The fourth-order valence-electron chi connectivity index (χ4n) is 3.62. The predicted octanol–water partition coefficient (Wildman–Crippen LogP) is -1.13. The van der Waals surface area contributed by atoms with Crippen LogP contribution >= 0.6 is 0 Å². The van der Waals surface area contributed by atoms with Gasteiger partial charge in [-0.25, -0.2) is 0 Å². The van der Waals surface area contributed by atoms with E-state index in [1.807, 2.05) is 0 Å². The smallest absolute Gasteiger partial charge is 0.239 e. The quantitative estimate of drug-likeness (QED) is 0.152. The van der Waals surface area contributed by atoms with Crippen molar-refractivity contribution in [2.75, 3.05) is 6.61 Å². The lowest BCUT2D eigenvalue weighted by atomic mass is 9.99. The lowest BCUT2D eigenvalue weighted by Crippen LogP contribution is -2.60. The SMILES string of the molecule is O=c1c(O[C@H]2O[C@H](CO)[C@@H](O)C(O)C2O)c(-c2cc(O)c(O)c(O)c2)oc2c(O)c(O)cc(O)c12. The van der Waals surface area contributed by atoms with Gasteiger partial charge in [0.1, 0.15) is 35.6 Å². The van der Waals surface area contributed by atoms with Gasteiger partial charge < -0.3 is 65.0 Å². The lowest BCUT2D eigenvalue weighted by molar-refractivity contribution is -0.277. The van der Waals surface area contributed by atoms with Crippen molar-refractivity contribution in [3.63, 3.8) is 0 Å². The van der Waals surface area contributed by atoms with Crippen LogP contribution in [0.25, 0.3) is 22.3 Å². The first-order valence-corrected chi connectivity index (χ1v) is 9.93. The zero-order chi connectivity index (χ0) is 25.8. The van der Waals surface area contributed by atoms with E-state index in [4.69, 9.17) is 13.9 Å². The number of fused-ring (bicyclic) bond motifs is 1. The minimum atomic E-state index is -1.96. The van der Waals surface area contributed by atoms with Gasteiger partial charge in [-0.05, 0) is 12.1 Å². The number of aliphatic hydroxyl groups is 4. The molecule has 0 bridgehead atoms. The molecule has 1 aliphatic heterocycles. The van der Waals surface area contributed by atoms with Crippen molar-refractivity contribution in [2.24, 2.45) is 0 Å². The van der Waals surface area contributed by atoms with Gasteiger partial charge in [0.2, 0.25) is 23.2 Å². The number of phenolic OH excluding ortho intramolecular Hbond substituents is 6. The molecule has 2 unspecified atom stereocenters. The molecule has 1 aliphatic rings. The number of hydrogen-bond donors (Lipinski definition) is 10. The van der Waals surface area contributed by atoms with Gasteiger partial charge in [-0.2, -0.15) is 0 Å². The summed E-state index contributed by atoms with van der Waals surface area (Å²) < 4.78 is 16.1. The van der Waals surface area contributed by atoms with Gasteiger partial charge >= 0.3 is 0 Å². The van der Waals surface area contributed by atoms with Gasteiger partial charge in [-0.15, -0.1) is 0 Å². The Balaban J connectivity index is 1.97. The summed E-state index contributed by atoms with van der Waals surface area (Å²) in [6.45, 7) is -0.808. The third kappa shape index (κ3) is 3.88. The van der Waals surface area contributed by atoms with E-state index in [-0.39, 0.29) is 5.56 Å². The number of hydrogen-bond acceptors (Lipinski definition) is 14. The summed E-state index contributed by atoms with van der Waals surface area (Å²) in [5.74, 6) is -6.77. The van der Waals surface area contributed by atoms with Crippen molar-refractivity contribution in [3.8, 4) is 51.6 Å². The summed E-state index contributed by atoms with van der Waals surface area (Å²) in [5.41, 5.74) is -2.24. The van der Waals surface area contributed by atoms with Crippen molar-refractivity contribution in [1.29, 1.82) is 0 Å². The topological polar surface area (TPSA) is 251 Å². The second-order valence-electron chi connectivity index (χ2n) is 7.74. The number of aliphatic hydroxyl groups excluding tert-OH is 4. The Labute approximate surface area is 193 Å². The van der Waals surface area contributed by atoms with Crippen LogP contribution in [-0.2, 0) is 4.74 Å². The molecule has 4 rings (SSSR count). The van der Waals surface area contributed by atoms with E-state index < -0.39 is 99.7 Å². The zero-order valence-electron chi connectivity index (χ0n) is 17.4. The lowest BCUT2D eigenvalue weighted by Gasteiger charge is -2.39. The summed E-state index contributed by atoms with van der Waals surface area (Å²) in [4.78, 5) is 13.3. The third-order valence-corrected chi connectivity index (χ3v) is 5.47. The van der Waals surface area contributed by atoms with Crippen molar-refractivity contribution >= 4 is 11.0 Å². The Kier molecular flexibility index (Phi) is 6.00. The van der Waals surface area contributed by atoms with Gasteiger partial charge in [-0.1, -0.05) is 0 Å². The average Bonchev–Trinajstić information content (AvgIpc) is 2.81. The minimum absolute atomic E-state index is 0.321. The maximum atomic E-state index is 13.3. The van der Waals surface area contributed by atoms with E-state index in [1.165, 1.54) is 0 Å². The molecule has 0 spiro atoms. The standard InChI is InChI=1S/C21H20O14/c22-4-10-14(29)16(31)17(32)21(33-10)35-20-15(30)11-6(23)3-9(26)13(28)19(11)34-18(20)5-1-7(24)12(27)8(25)2-5/h1-3,10,14,16-17,21-29,31-32H,4H2/t10-,14-,16?,17?,21-/m1/s1. The summed E-state index contributed by atoms with van der Waals surface area (Å²) in [5, 5.41) is 98.6. The first-order valence-electron chi connectivity index (χ1n) is 9.93. The minimum Gasteiger partial charge on any atom is -0.507 e. The van der Waals surface area contributed by atoms with Crippen LogP contribution in [0.2, 0.25) is 0 Å². The maximum Gasteiger partial charge on any atom is 0.239 e. The number of rotatable bonds is 4. The fraction of sp³-hybridized carbons (Fsp3) is 0.286. The van der Waals surface area contributed by atoms with Crippen LogP contribution in [-0.4, -0.2) is 88.4 Å². The Morgan fingerprint density at radius 1 is 0.800 bits per heavy atom. The highest BCUT2D eigenvalue weighted by Gasteiger charge is 2.45. The predicted molar refractivity (Wildman–Crippen MR) is 112 cm³/mol. The molecule has 2 aromatic carbocycles.